The number of halogens is 1. The van der Waals surface area contributed by atoms with Crippen molar-refractivity contribution in [3.05, 3.63) is 88.1 Å². The van der Waals surface area contributed by atoms with Crippen LogP contribution in [0.5, 0.6) is 5.75 Å². The molecule has 3 unspecified atom stereocenters. The predicted molar refractivity (Wildman–Crippen MR) is 282 cm³/mol. The number of carbonyl (C=O) groups excluding carboxylic acids is 4. The summed E-state index contributed by atoms with van der Waals surface area (Å²) >= 11 is 1.67. The molecule has 4 amide bonds. The van der Waals surface area contributed by atoms with Gasteiger partial charge >= 0.3 is 12.2 Å². The molecule has 398 valence electrons. The highest BCUT2D eigenvalue weighted by atomic mass is 32.1. The Morgan fingerprint density at radius 1 is 0.867 bits per heavy atom. The Morgan fingerprint density at radius 2 is 1.61 bits per heavy atom. The average Bonchev–Trinajstić information content (AvgIpc) is 4.27. The molecule has 3 fully saturated rings. The lowest BCUT2D eigenvalue weighted by molar-refractivity contribution is -0.140. The lowest BCUT2D eigenvalue weighted by Gasteiger charge is -2.39. The van der Waals surface area contributed by atoms with E-state index in [2.05, 4.69) is 71.1 Å². The van der Waals surface area contributed by atoms with Crippen molar-refractivity contribution in [2.75, 3.05) is 20.8 Å². The second-order valence-electron chi connectivity index (χ2n) is 21.6. The molecule has 10 rings (SSSR count). The minimum atomic E-state index is -0.799. The molecule has 17 nitrogen and oxygen atoms in total. The highest BCUT2D eigenvalue weighted by molar-refractivity contribution is 7.12. The van der Waals surface area contributed by atoms with Gasteiger partial charge in [0.05, 0.1) is 77.7 Å². The molecule has 75 heavy (non-hydrogen) atoms. The van der Waals surface area contributed by atoms with Gasteiger partial charge in [0.1, 0.15) is 35.3 Å². The van der Waals surface area contributed by atoms with Crippen LogP contribution in [0.4, 0.5) is 14.0 Å². The first-order valence-corrected chi connectivity index (χ1v) is 27.1. The molecule has 19 heteroatoms. The van der Waals surface area contributed by atoms with Crippen LogP contribution in [0.1, 0.15) is 133 Å². The third kappa shape index (κ3) is 9.77. The standard InChI is InChI=1S/C56H68FN9O8S/c1-27(2)45-15-16-46(75-45)54-66-40-14-13-33(38-25-59-51(60-38)43-18-29(5)32(8)65(43)53(68)49(63-56(70)72-10)36-19-30(6)73-31(7)20-36)21-35(40)23-42(66)47-37(57)22-34(24-44(47)74-54)39-26-58-50(61-39)41-12-11-17-64(41)52(67)48(28(3)4)62-55(69)71-9/h13-16,21-32,36,41,43,48-49,54H,11-12,17-20H2,1-10H3,(H,58,61)(H,59,60)(H,62,69)(H,63,70)/t29-,30-,31+,32?,36?,41+,43-,48-,49+,54?/m0/s1. The topological polar surface area (TPSA) is 198 Å². The van der Waals surface area contributed by atoms with E-state index in [4.69, 9.17) is 28.9 Å². The van der Waals surface area contributed by atoms with Gasteiger partial charge in [0.2, 0.25) is 18.0 Å². The fourth-order valence-electron chi connectivity index (χ4n) is 11.9. The maximum Gasteiger partial charge on any atom is 0.407 e. The van der Waals surface area contributed by atoms with Crippen molar-refractivity contribution in [2.45, 2.75) is 142 Å². The number of nitrogens with one attached hydrogen (secondary N) is 4. The Bertz CT molecular complexity index is 3110. The molecule has 8 heterocycles. The molecule has 0 aliphatic carbocycles. The molecular weight excluding hydrogens is 978 g/mol. The fourth-order valence-corrected chi connectivity index (χ4v) is 12.9. The van der Waals surface area contributed by atoms with Gasteiger partial charge in [-0.15, -0.1) is 11.3 Å². The van der Waals surface area contributed by atoms with Crippen molar-refractivity contribution in [1.82, 2.24) is 44.9 Å². The third-order valence-corrected chi connectivity index (χ3v) is 17.2. The summed E-state index contributed by atoms with van der Waals surface area (Å²) in [6, 6.07) is 13.2. The second kappa shape index (κ2) is 20.8. The number of alkyl carbamates (subject to hydrolysis) is 2. The van der Waals surface area contributed by atoms with E-state index in [1.165, 1.54) is 25.2 Å². The van der Waals surface area contributed by atoms with E-state index >= 15 is 4.39 Å². The first kappa shape index (κ1) is 51.7. The van der Waals surface area contributed by atoms with Gasteiger partial charge in [0, 0.05) is 40.2 Å². The van der Waals surface area contributed by atoms with Crippen LogP contribution < -0.4 is 15.4 Å². The number of aromatic nitrogens is 5. The van der Waals surface area contributed by atoms with Gasteiger partial charge in [-0.1, -0.05) is 40.7 Å². The van der Waals surface area contributed by atoms with Crippen LogP contribution in [0, 0.1) is 23.6 Å². The Balaban J connectivity index is 0.967. The summed E-state index contributed by atoms with van der Waals surface area (Å²) in [6.07, 6.45) is 4.83. The minimum absolute atomic E-state index is 0.0642. The summed E-state index contributed by atoms with van der Waals surface area (Å²) in [4.78, 5) is 76.1. The largest absolute Gasteiger partial charge is 0.464 e. The van der Waals surface area contributed by atoms with E-state index in [1.54, 1.807) is 22.4 Å². The molecule has 4 aliphatic heterocycles. The number of rotatable bonds is 12. The maximum atomic E-state index is 17.0. The van der Waals surface area contributed by atoms with Gasteiger partial charge in [-0.25, -0.2) is 23.9 Å². The Hall–Kier alpha value is -6.73. The van der Waals surface area contributed by atoms with Crippen LogP contribution in [0.2, 0.25) is 0 Å². The van der Waals surface area contributed by atoms with Crippen molar-refractivity contribution in [3.8, 4) is 39.5 Å². The van der Waals surface area contributed by atoms with E-state index in [1.807, 2.05) is 63.1 Å². The summed E-state index contributed by atoms with van der Waals surface area (Å²) in [5.74, 6) is 0.894. The van der Waals surface area contributed by atoms with Gasteiger partial charge in [0.25, 0.3) is 0 Å². The summed E-state index contributed by atoms with van der Waals surface area (Å²) < 4.78 is 41.9. The number of thiophene rings is 1. The van der Waals surface area contributed by atoms with E-state index in [-0.39, 0.29) is 59.9 Å². The molecule has 3 saturated heterocycles. The molecular formula is C56H68FN9O8S. The number of methoxy groups -OCH3 is 2. The molecule has 0 bridgehead atoms. The molecule has 2 aromatic carbocycles. The Morgan fingerprint density at radius 3 is 2.32 bits per heavy atom. The summed E-state index contributed by atoms with van der Waals surface area (Å²) in [5, 5.41) is 6.46. The Labute approximate surface area is 440 Å². The predicted octanol–water partition coefficient (Wildman–Crippen LogP) is 10.6. The average molecular weight is 1050 g/mol. The highest BCUT2D eigenvalue weighted by Crippen LogP contribution is 2.49. The highest BCUT2D eigenvalue weighted by Gasteiger charge is 2.47. The number of nitrogens with zero attached hydrogens (tertiary/aromatic N) is 5. The van der Waals surface area contributed by atoms with Crippen LogP contribution in [0.15, 0.2) is 60.9 Å². The van der Waals surface area contributed by atoms with Crippen molar-refractivity contribution < 1.29 is 42.5 Å². The molecule has 6 aromatic rings. The number of imidazole rings is 2. The monoisotopic (exact) mass is 1050 g/mol. The lowest BCUT2D eigenvalue weighted by Crippen LogP contribution is -2.55. The number of hydrogen-bond acceptors (Lipinski definition) is 11. The second-order valence-corrected chi connectivity index (χ2v) is 22.7. The molecule has 10 atom stereocenters. The third-order valence-electron chi connectivity index (χ3n) is 15.8. The zero-order chi connectivity index (χ0) is 53.1. The number of benzene rings is 2. The van der Waals surface area contributed by atoms with E-state index in [0.717, 1.165) is 27.8 Å². The first-order valence-electron chi connectivity index (χ1n) is 26.3. The minimum Gasteiger partial charge on any atom is -0.464 e. The van der Waals surface area contributed by atoms with Crippen LogP contribution in [0.25, 0.3) is 44.7 Å². The summed E-state index contributed by atoms with van der Waals surface area (Å²) in [5.41, 5.74) is 4.49. The zero-order valence-electron chi connectivity index (χ0n) is 44.2. The number of likely N-dealkylation sites (tertiary alicyclic amines) is 2. The number of amides is 4. The number of hydrogen-bond donors (Lipinski definition) is 4. The number of carbonyl (C=O) groups is 4. The molecule has 0 radical (unpaired) electrons. The van der Waals surface area contributed by atoms with Crippen LogP contribution in [-0.4, -0.2) is 109 Å². The van der Waals surface area contributed by atoms with Crippen molar-refractivity contribution in [1.29, 1.82) is 0 Å². The van der Waals surface area contributed by atoms with Gasteiger partial charge in [-0.2, -0.15) is 0 Å². The molecule has 0 spiro atoms. The van der Waals surface area contributed by atoms with E-state index in [0.29, 0.717) is 83.8 Å². The van der Waals surface area contributed by atoms with Crippen molar-refractivity contribution in [3.63, 3.8) is 0 Å². The van der Waals surface area contributed by atoms with Gasteiger partial charge in [-0.05, 0) is 119 Å². The number of H-pyrrole nitrogens is 2. The fraction of sp³-hybridized carbons (Fsp3) is 0.500. The van der Waals surface area contributed by atoms with Crippen molar-refractivity contribution >= 4 is 46.2 Å². The van der Waals surface area contributed by atoms with Crippen LogP contribution in [0.3, 0.4) is 0 Å². The summed E-state index contributed by atoms with van der Waals surface area (Å²) in [6.45, 7) is 16.7. The smallest absolute Gasteiger partial charge is 0.407 e. The molecule has 0 saturated carbocycles. The molecule has 4 aromatic heterocycles. The van der Waals surface area contributed by atoms with Gasteiger partial charge in [0.15, 0.2) is 0 Å². The zero-order valence-corrected chi connectivity index (χ0v) is 45.0. The Kier molecular flexibility index (Phi) is 14.3. The van der Waals surface area contributed by atoms with Crippen LogP contribution in [-0.2, 0) is 23.8 Å². The SMILES string of the molecule is COC(=O)N[C@H](C(=O)N1CCC[C@@H]1c1ncc(-c2cc(F)c3c(c2)OC(c2ccc(C(C)C)s2)n2c-3cc3cc(-c4c[nH]c([C@@H]5C[C@H](C)C(C)N5C(=O)[C@H](NC(=O)OC)C5C[C@@H](C)O[C@@H](C)C5)n4)ccc32)[nH]1)C(C)C. The first-order chi connectivity index (χ1) is 35.9. The lowest BCUT2D eigenvalue weighted by atomic mass is 9.85. The van der Waals surface area contributed by atoms with E-state index in [9.17, 15) is 19.2 Å². The quantitative estimate of drug-likeness (QED) is 0.0915. The molecule has 4 aliphatic rings. The van der Waals surface area contributed by atoms with E-state index < -0.39 is 36.3 Å². The summed E-state index contributed by atoms with van der Waals surface area (Å²) in [7, 11) is 2.58. The van der Waals surface area contributed by atoms with Crippen molar-refractivity contribution in [2.24, 2.45) is 17.8 Å². The maximum absolute atomic E-state index is 17.0. The van der Waals surface area contributed by atoms with Gasteiger partial charge < -0.3 is 49.3 Å². The number of ether oxygens (including phenoxy) is 4. The number of aromatic amines is 2. The van der Waals surface area contributed by atoms with Crippen LogP contribution >= 0.6 is 11.3 Å². The molecule has 4 N–H and O–H groups in total. The number of fused-ring (bicyclic) bond motifs is 5. The van der Waals surface area contributed by atoms with Gasteiger partial charge in [-0.3, -0.25) is 14.2 Å². The normalized spacial score (nSPS) is 24.2.